The molecule has 1 aromatic heterocycles. The van der Waals surface area contributed by atoms with Crippen molar-refractivity contribution in [2.24, 2.45) is 5.41 Å². The fourth-order valence-electron chi connectivity index (χ4n) is 2.88. The summed E-state index contributed by atoms with van der Waals surface area (Å²) in [6, 6.07) is 6.85. The minimum Gasteiger partial charge on any atom is -0.381 e. The summed E-state index contributed by atoms with van der Waals surface area (Å²) >= 11 is 0. The lowest BCUT2D eigenvalue weighted by molar-refractivity contribution is 0.350. The zero-order valence-electron chi connectivity index (χ0n) is 10.5. The topological polar surface area (TPSA) is 40.7 Å². The van der Waals surface area contributed by atoms with Gasteiger partial charge < -0.3 is 5.32 Å². The minimum absolute atomic E-state index is 0.395. The van der Waals surface area contributed by atoms with Crippen LogP contribution in [0.1, 0.15) is 33.1 Å². The standard InChI is InChI=1S/C14H19N3/c1-14(2)8-4-7-13(14)16-11-5-3-6-12-10(11)9-15-17-12/h3,5-6,9,13,16H,4,7-8H2,1-2H3,(H,15,17). The summed E-state index contributed by atoms with van der Waals surface area (Å²) in [7, 11) is 0. The Bertz CT molecular complexity index is 527. The Morgan fingerprint density at radius 1 is 1.41 bits per heavy atom. The summed E-state index contributed by atoms with van der Waals surface area (Å²) in [6.07, 6.45) is 5.80. The number of rotatable bonds is 2. The molecule has 0 amide bonds. The van der Waals surface area contributed by atoms with Crippen LogP contribution >= 0.6 is 0 Å². The van der Waals surface area contributed by atoms with Crippen molar-refractivity contribution in [3.8, 4) is 0 Å². The minimum atomic E-state index is 0.395. The van der Waals surface area contributed by atoms with E-state index in [1.54, 1.807) is 0 Å². The number of aromatic amines is 1. The van der Waals surface area contributed by atoms with Gasteiger partial charge in [0.2, 0.25) is 0 Å². The van der Waals surface area contributed by atoms with Crippen LogP contribution in [0.5, 0.6) is 0 Å². The van der Waals surface area contributed by atoms with Crippen molar-refractivity contribution in [1.82, 2.24) is 10.2 Å². The largest absolute Gasteiger partial charge is 0.381 e. The fraction of sp³-hybridized carbons (Fsp3) is 0.500. The maximum absolute atomic E-state index is 4.11. The number of aromatic nitrogens is 2. The van der Waals surface area contributed by atoms with Crippen LogP contribution in [0, 0.1) is 5.41 Å². The van der Waals surface area contributed by atoms with E-state index >= 15 is 0 Å². The van der Waals surface area contributed by atoms with Crippen molar-refractivity contribution < 1.29 is 0 Å². The number of anilines is 1. The first kappa shape index (κ1) is 10.6. The van der Waals surface area contributed by atoms with Crippen LogP contribution in [0.15, 0.2) is 24.4 Å². The molecule has 0 spiro atoms. The average molecular weight is 229 g/mol. The van der Waals surface area contributed by atoms with Crippen LogP contribution in [0.25, 0.3) is 10.9 Å². The maximum Gasteiger partial charge on any atom is 0.0671 e. The summed E-state index contributed by atoms with van der Waals surface area (Å²) in [5.41, 5.74) is 2.70. The van der Waals surface area contributed by atoms with Gasteiger partial charge in [-0.25, -0.2) is 0 Å². The zero-order valence-corrected chi connectivity index (χ0v) is 10.5. The van der Waals surface area contributed by atoms with E-state index in [0.717, 1.165) is 5.52 Å². The number of hydrogen-bond acceptors (Lipinski definition) is 2. The molecule has 0 saturated heterocycles. The van der Waals surface area contributed by atoms with Gasteiger partial charge in [0, 0.05) is 17.1 Å². The molecular weight excluding hydrogens is 210 g/mol. The Morgan fingerprint density at radius 3 is 3.06 bits per heavy atom. The predicted octanol–water partition coefficient (Wildman–Crippen LogP) is 3.55. The van der Waals surface area contributed by atoms with Crippen molar-refractivity contribution in [2.45, 2.75) is 39.2 Å². The van der Waals surface area contributed by atoms with Gasteiger partial charge >= 0.3 is 0 Å². The summed E-state index contributed by atoms with van der Waals surface area (Å²) in [5, 5.41) is 12.0. The van der Waals surface area contributed by atoms with E-state index in [2.05, 4.69) is 47.6 Å². The number of nitrogens with one attached hydrogen (secondary N) is 2. The first-order valence-corrected chi connectivity index (χ1v) is 6.35. The molecule has 1 heterocycles. The van der Waals surface area contributed by atoms with E-state index in [9.17, 15) is 0 Å². The van der Waals surface area contributed by atoms with E-state index < -0.39 is 0 Å². The second-order valence-electron chi connectivity index (χ2n) is 5.71. The molecule has 1 aromatic carbocycles. The molecule has 3 rings (SSSR count). The van der Waals surface area contributed by atoms with Gasteiger partial charge in [0.1, 0.15) is 0 Å². The van der Waals surface area contributed by atoms with E-state index in [1.807, 2.05) is 6.20 Å². The van der Waals surface area contributed by atoms with Crippen molar-refractivity contribution >= 4 is 16.6 Å². The van der Waals surface area contributed by atoms with Crippen LogP contribution in [-0.2, 0) is 0 Å². The highest BCUT2D eigenvalue weighted by molar-refractivity contribution is 5.90. The first-order valence-electron chi connectivity index (χ1n) is 6.35. The number of fused-ring (bicyclic) bond motifs is 1. The molecule has 1 aliphatic carbocycles. The first-order chi connectivity index (χ1) is 8.17. The molecule has 0 aliphatic heterocycles. The van der Waals surface area contributed by atoms with Gasteiger partial charge in [-0.1, -0.05) is 26.3 Å². The molecule has 1 atom stereocenters. The highest BCUT2D eigenvalue weighted by Gasteiger charge is 2.34. The lowest BCUT2D eigenvalue weighted by Gasteiger charge is -2.29. The molecule has 17 heavy (non-hydrogen) atoms. The molecular formula is C14H19N3. The third kappa shape index (κ3) is 1.79. The number of H-pyrrole nitrogens is 1. The number of hydrogen-bond donors (Lipinski definition) is 2. The fourth-order valence-corrected chi connectivity index (χ4v) is 2.88. The van der Waals surface area contributed by atoms with Crippen LogP contribution in [0.2, 0.25) is 0 Å². The predicted molar refractivity (Wildman–Crippen MR) is 71.1 cm³/mol. The third-order valence-electron chi connectivity index (χ3n) is 4.07. The van der Waals surface area contributed by atoms with Gasteiger partial charge in [-0.3, -0.25) is 5.10 Å². The highest BCUT2D eigenvalue weighted by atomic mass is 15.1. The van der Waals surface area contributed by atoms with E-state index in [1.165, 1.54) is 30.3 Å². The van der Waals surface area contributed by atoms with Gasteiger partial charge in [0.15, 0.2) is 0 Å². The molecule has 0 radical (unpaired) electrons. The van der Waals surface area contributed by atoms with Gasteiger partial charge in [-0.05, 0) is 30.4 Å². The Hall–Kier alpha value is -1.51. The lowest BCUT2D eigenvalue weighted by atomic mass is 9.87. The molecule has 3 nitrogen and oxygen atoms in total. The van der Waals surface area contributed by atoms with Crippen LogP contribution in [-0.4, -0.2) is 16.2 Å². The third-order valence-corrected chi connectivity index (χ3v) is 4.07. The molecule has 2 N–H and O–H groups in total. The number of benzene rings is 1. The zero-order chi connectivity index (χ0) is 11.9. The average Bonchev–Trinajstić information content (AvgIpc) is 2.86. The van der Waals surface area contributed by atoms with Crippen molar-refractivity contribution in [3.63, 3.8) is 0 Å². The normalized spacial score (nSPS) is 23.1. The molecule has 1 aliphatic rings. The quantitative estimate of drug-likeness (QED) is 0.826. The molecule has 90 valence electrons. The molecule has 1 fully saturated rings. The van der Waals surface area contributed by atoms with Gasteiger partial charge in [-0.15, -0.1) is 0 Å². The van der Waals surface area contributed by atoms with Crippen LogP contribution < -0.4 is 5.32 Å². The van der Waals surface area contributed by atoms with E-state index in [4.69, 9.17) is 0 Å². The van der Waals surface area contributed by atoms with Crippen molar-refractivity contribution in [3.05, 3.63) is 24.4 Å². The Morgan fingerprint density at radius 2 is 2.29 bits per heavy atom. The van der Waals surface area contributed by atoms with E-state index in [0.29, 0.717) is 11.5 Å². The maximum atomic E-state index is 4.11. The monoisotopic (exact) mass is 229 g/mol. The van der Waals surface area contributed by atoms with Crippen molar-refractivity contribution in [1.29, 1.82) is 0 Å². The highest BCUT2D eigenvalue weighted by Crippen LogP contribution is 2.39. The summed E-state index contributed by atoms with van der Waals surface area (Å²) < 4.78 is 0. The van der Waals surface area contributed by atoms with Crippen LogP contribution in [0.4, 0.5) is 5.69 Å². The smallest absolute Gasteiger partial charge is 0.0671 e. The van der Waals surface area contributed by atoms with Crippen LogP contribution in [0.3, 0.4) is 0 Å². The Kier molecular flexibility index (Phi) is 2.35. The van der Waals surface area contributed by atoms with Crippen molar-refractivity contribution in [2.75, 3.05) is 5.32 Å². The molecule has 3 heteroatoms. The summed E-state index contributed by atoms with van der Waals surface area (Å²) in [4.78, 5) is 0. The molecule has 1 unspecified atom stereocenters. The second-order valence-corrected chi connectivity index (χ2v) is 5.71. The second kappa shape index (κ2) is 3.76. The Balaban J connectivity index is 1.92. The SMILES string of the molecule is CC1(C)CCCC1Nc1cccc2[nH]ncc12. The molecule has 2 aromatic rings. The Labute approximate surface area is 102 Å². The van der Waals surface area contributed by atoms with E-state index in [-0.39, 0.29) is 0 Å². The summed E-state index contributed by atoms with van der Waals surface area (Å²) in [5.74, 6) is 0. The lowest BCUT2D eigenvalue weighted by Crippen LogP contribution is -2.30. The van der Waals surface area contributed by atoms with Gasteiger partial charge in [0.05, 0.1) is 11.7 Å². The molecule has 0 bridgehead atoms. The van der Waals surface area contributed by atoms with Gasteiger partial charge in [-0.2, -0.15) is 5.10 Å². The summed E-state index contributed by atoms with van der Waals surface area (Å²) in [6.45, 7) is 4.71. The van der Waals surface area contributed by atoms with Gasteiger partial charge in [0.25, 0.3) is 0 Å². The molecule has 1 saturated carbocycles. The number of nitrogens with zero attached hydrogens (tertiary/aromatic N) is 1.